The van der Waals surface area contributed by atoms with Gasteiger partial charge in [-0.15, -0.1) is 0 Å². The Labute approximate surface area is 108 Å². The number of aliphatic hydroxyl groups excluding tert-OH is 1. The van der Waals surface area contributed by atoms with Crippen molar-refractivity contribution in [1.82, 2.24) is 0 Å². The molecule has 0 saturated carbocycles. The molecule has 2 nitrogen and oxygen atoms in total. The summed E-state index contributed by atoms with van der Waals surface area (Å²) >= 11 is 0. The molecule has 0 aliphatic carbocycles. The highest BCUT2D eigenvalue weighted by Gasteiger charge is 2.16. The molecular formula is C16H20O2. The van der Waals surface area contributed by atoms with Crippen molar-refractivity contribution < 1.29 is 9.52 Å². The van der Waals surface area contributed by atoms with Gasteiger partial charge in [0.2, 0.25) is 0 Å². The first-order valence-electron chi connectivity index (χ1n) is 6.54. The number of hydrogen-bond donors (Lipinski definition) is 1. The standard InChI is InChI=1S/C16H20O2/c1-3-4-8-14-11-15(18-12(14)2)16(17)13-9-6-5-7-10-13/h5-7,9-11,16-17H,3-4,8H2,1-2H3. The molecule has 0 saturated heterocycles. The van der Waals surface area contributed by atoms with Crippen molar-refractivity contribution in [1.29, 1.82) is 0 Å². The lowest BCUT2D eigenvalue weighted by molar-refractivity contribution is 0.187. The van der Waals surface area contributed by atoms with E-state index in [1.165, 1.54) is 12.0 Å². The number of furan rings is 1. The van der Waals surface area contributed by atoms with Gasteiger partial charge < -0.3 is 9.52 Å². The number of benzene rings is 1. The first-order chi connectivity index (χ1) is 8.72. The van der Waals surface area contributed by atoms with Crippen LogP contribution in [0, 0.1) is 6.92 Å². The molecule has 1 atom stereocenters. The van der Waals surface area contributed by atoms with E-state index >= 15 is 0 Å². The lowest BCUT2D eigenvalue weighted by Gasteiger charge is -2.07. The number of hydrogen-bond acceptors (Lipinski definition) is 2. The van der Waals surface area contributed by atoms with Crippen LogP contribution in [0.4, 0.5) is 0 Å². The van der Waals surface area contributed by atoms with Crippen molar-refractivity contribution in [3.8, 4) is 0 Å². The molecule has 1 unspecified atom stereocenters. The van der Waals surface area contributed by atoms with Gasteiger partial charge >= 0.3 is 0 Å². The third-order valence-electron chi connectivity index (χ3n) is 3.22. The van der Waals surface area contributed by atoms with E-state index in [1.54, 1.807) is 0 Å². The van der Waals surface area contributed by atoms with Gasteiger partial charge in [-0.25, -0.2) is 0 Å². The maximum atomic E-state index is 10.3. The third kappa shape index (κ3) is 2.82. The number of aliphatic hydroxyl groups is 1. The second-order valence-corrected chi connectivity index (χ2v) is 4.65. The van der Waals surface area contributed by atoms with E-state index in [9.17, 15) is 5.11 Å². The normalized spacial score (nSPS) is 12.6. The van der Waals surface area contributed by atoms with Crippen molar-refractivity contribution in [2.75, 3.05) is 0 Å². The lowest BCUT2D eigenvalue weighted by atomic mass is 10.1. The Bertz CT molecular complexity index is 485. The largest absolute Gasteiger partial charge is 0.463 e. The van der Waals surface area contributed by atoms with Gasteiger partial charge in [0.05, 0.1) is 0 Å². The predicted octanol–water partition coefficient (Wildman–Crippen LogP) is 4.01. The molecule has 1 N–H and O–H groups in total. The molecule has 2 aromatic rings. The van der Waals surface area contributed by atoms with Gasteiger partial charge in [0.25, 0.3) is 0 Å². The molecule has 0 radical (unpaired) electrons. The minimum atomic E-state index is -0.666. The molecule has 1 aromatic carbocycles. The summed E-state index contributed by atoms with van der Waals surface area (Å²) in [5.74, 6) is 1.57. The SMILES string of the molecule is CCCCc1cc(C(O)c2ccccc2)oc1C. The van der Waals surface area contributed by atoms with Gasteiger partial charge in [0.1, 0.15) is 17.6 Å². The zero-order valence-electron chi connectivity index (χ0n) is 11.0. The fourth-order valence-corrected chi connectivity index (χ4v) is 2.09. The van der Waals surface area contributed by atoms with Crippen LogP contribution < -0.4 is 0 Å². The van der Waals surface area contributed by atoms with Crippen LogP contribution in [0.5, 0.6) is 0 Å². The van der Waals surface area contributed by atoms with Gasteiger partial charge in [-0.2, -0.15) is 0 Å². The Morgan fingerprint density at radius 2 is 1.94 bits per heavy atom. The van der Waals surface area contributed by atoms with Crippen LogP contribution in [0.3, 0.4) is 0 Å². The summed E-state index contributed by atoms with van der Waals surface area (Å²) in [5, 5.41) is 10.3. The molecule has 2 rings (SSSR count). The van der Waals surface area contributed by atoms with Crippen molar-refractivity contribution in [2.24, 2.45) is 0 Å². The van der Waals surface area contributed by atoms with Crippen LogP contribution >= 0.6 is 0 Å². The van der Waals surface area contributed by atoms with Gasteiger partial charge in [-0.3, -0.25) is 0 Å². The summed E-state index contributed by atoms with van der Waals surface area (Å²) in [6, 6.07) is 11.6. The monoisotopic (exact) mass is 244 g/mol. The summed E-state index contributed by atoms with van der Waals surface area (Å²) in [4.78, 5) is 0. The molecule has 1 aromatic heterocycles. The van der Waals surface area contributed by atoms with Crippen LogP contribution in [-0.2, 0) is 6.42 Å². The summed E-state index contributed by atoms with van der Waals surface area (Å²) in [5.41, 5.74) is 2.08. The quantitative estimate of drug-likeness (QED) is 0.862. The summed E-state index contributed by atoms with van der Waals surface area (Å²) < 4.78 is 5.68. The van der Waals surface area contributed by atoms with E-state index in [-0.39, 0.29) is 0 Å². The van der Waals surface area contributed by atoms with E-state index in [4.69, 9.17) is 4.42 Å². The van der Waals surface area contributed by atoms with E-state index in [0.717, 1.165) is 24.2 Å². The molecule has 1 heterocycles. The van der Waals surface area contributed by atoms with E-state index in [1.807, 2.05) is 43.3 Å². The molecule has 0 spiro atoms. The molecule has 0 fully saturated rings. The van der Waals surface area contributed by atoms with Crippen LogP contribution in [0.2, 0.25) is 0 Å². The molecule has 96 valence electrons. The van der Waals surface area contributed by atoms with Crippen molar-refractivity contribution in [3.63, 3.8) is 0 Å². The highest BCUT2D eigenvalue weighted by Crippen LogP contribution is 2.26. The van der Waals surface area contributed by atoms with Gasteiger partial charge in [-0.05, 0) is 37.0 Å². The fourth-order valence-electron chi connectivity index (χ4n) is 2.09. The number of rotatable bonds is 5. The molecule has 18 heavy (non-hydrogen) atoms. The summed E-state index contributed by atoms with van der Waals surface area (Å²) in [6.07, 6.45) is 2.68. The van der Waals surface area contributed by atoms with Crippen LogP contribution in [-0.4, -0.2) is 5.11 Å². The Balaban J connectivity index is 2.18. The highest BCUT2D eigenvalue weighted by atomic mass is 16.4. The van der Waals surface area contributed by atoms with Crippen molar-refractivity contribution in [2.45, 2.75) is 39.2 Å². The third-order valence-corrected chi connectivity index (χ3v) is 3.22. The molecular weight excluding hydrogens is 224 g/mol. The Morgan fingerprint density at radius 3 is 2.61 bits per heavy atom. The van der Waals surface area contributed by atoms with Crippen molar-refractivity contribution >= 4 is 0 Å². The molecule has 0 aliphatic rings. The summed E-state index contributed by atoms with van der Waals surface area (Å²) in [7, 11) is 0. The Morgan fingerprint density at radius 1 is 1.22 bits per heavy atom. The predicted molar refractivity (Wildman–Crippen MR) is 72.6 cm³/mol. The second-order valence-electron chi connectivity index (χ2n) is 4.65. The van der Waals surface area contributed by atoms with Crippen LogP contribution in [0.25, 0.3) is 0 Å². The molecule has 0 bridgehead atoms. The zero-order chi connectivity index (χ0) is 13.0. The van der Waals surface area contributed by atoms with E-state index in [2.05, 4.69) is 6.92 Å². The minimum Gasteiger partial charge on any atom is -0.463 e. The molecule has 2 heteroatoms. The minimum absolute atomic E-state index is 0.643. The van der Waals surface area contributed by atoms with Crippen molar-refractivity contribution in [3.05, 3.63) is 59.0 Å². The average molecular weight is 244 g/mol. The highest BCUT2D eigenvalue weighted by molar-refractivity contribution is 5.29. The first-order valence-corrected chi connectivity index (χ1v) is 6.54. The number of aryl methyl sites for hydroxylation is 2. The van der Waals surface area contributed by atoms with Gasteiger partial charge in [0, 0.05) is 0 Å². The van der Waals surface area contributed by atoms with Crippen LogP contribution in [0.1, 0.15) is 48.5 Å². The Kier molecular flexibility index (Phi) is 4.21. The molecule has 0 amide bonds. The topological polar surface area (TPSA) is 33.4 Å². The fraction of sp³-hybridized carbons (Fsp3) is 0.375. The zero-order valence-corrected chi connectivity index (χ0v) is 11.0. The maximum absolute atomic E-state index is 10.3. The summed E-state index contributed by atoms with van der Waals surface area (Å²) in [6.45, 7) is 4.14. The second kappa shape index (κ2) is 5.87. The molecule has 0 aliphatic heterocycles. The first kappa shape index (κ1) is 12.9. The van der Waals surface area contributed by atoms with E-state index in [0.29, 0.717) is 5.76 Å². The smallest absolute Gasteiger partial charge is 0.137 e. The van der Waals surface area contributed by atoms with Gasteiger partial charge in [-0.1, -0.05) is 43.7 Å². The van der Waals surface area contributed by atoms with Crippen LogP contribution in [0.15, 0.2) is 40.8 Å². The lowest BCUT2D eigenvalue weighted by Crippen LogP contribution is -1.97. The Hall–Kier alpha value is -1.54. The van der Waals surface area contributed by atoms with E-state index < -0.39 is 6.10 Å². The average Bonchev–Trinajstić information content (AvgIpc) is 2.78. The maximum Gasteiger partial charge on any atom is 0.137 e. The van der Waals surface area contributed by atoms with Gasteiger partial charge in [0.15, 0.2) is 0 Å². The number of unbranched alkanes of at least 4 members (excludes halogenated alkanes) is 1.